The summed E-state index contributed by atoms with van der Waals surface area (Å²) in [5.74, 6) is 2.18. The van der Waals surface area contributed by atoms with Crippen molar-refractivity contribution in [2.24, 2.45) is 17.8 Å². The van der Waals surface area contributed by atoms with Gasteiger partial charge in [-0.3, -0.25) is 9.59 Å². The van der Waals surface area contributed by atoms with E-state index >= 15 is 0 Å². The lowest BCUT2D eigenvalue weighted by molar-refractivity contribution is -0.119. The number of rotatable bonds is 8. The van der Waals surface area contributed by atoms with E-state index in [2.05, 4.69) is 32.3 Å². The first-order valence-corrected chi connectivity index (χ1v) is 14.5. The topological polar surface area (TPSA) is 91.6 Å². The van der Waals surface area contributed by atoms with Crippen molar-refractivity contribution in [1.82, 2.24) is 14.4 Å². The van der Waals surface area contributed by atoms with Crippen LogP contribution in [-0.4, -0.2) is 32.7 Å². The fourth-order valence-electron chi connectivity index (χ4n) is 6.18. The molecule has 3 saturated carbocycles. The van der Waals surface area contributed by atoms with E-state index in [0.717, 1.165) is 47.7 Å². The number of anilines is 3. The lowest BCUT2D eigenvalue weighted by Gasteiger charge is -2.20. The number of hydrogen-bond donors (Lipinski definition) is 2. The van der Waals surface area contributed by atoms with Crippen LogP contribution >= 0.6 is 11.6 Å². The number of imidazole rings is 1. The quantitative estimate of drug-likeness (QED) is 0.297. The lowest BCUT2D eigenvalue weighted by atomic mass is 10.1. The van der Waals surface area contributed by atoms with Crippen LogP contribution in [0.5, 0.6) is 0 Å². The van der Waals surface area contributed by atoms with E-state index in [4.69, 9.17) is 16.6 Å². The molecule has 0 unspecified atom stereocenters. The number of amides is 2. The molecule has 2 N–H and O–H groups in total. The number of nitrogens with zero attached hydrogens (tertiary/aromatic N) is 4. The van der Waals surface area contributed by atoms with Crippen molar-refractivity contribution < 1.29 is 9.59 Å². The first-order chi connectivity index (χ1) is 19.5. The second kappa shape index (κ2) is 9.06. The predicted molar refractivity (Wildman–Crippen MR) is 154 cm³/mol. The fourth-order valence-corrected chi connectivity index (χ4v) is 6.38. The van der Waals surface area contributed by atoms with Crippen molar-refractivity contribution in [3.05, 3.63) is 82.9 Å². The Morgan fingerprint density at radius 1 is 1.05 bits per heavy atom. The first kappa shape index (κ1) is 23.9. The molecule has 0 bridgehead atoms. The molecule has 4 fully saturated rings. The Morgan fingerprint density at radius 3 is 2.75 bits per heavy atom. The van der Waals surface area contributed by atoms with E-state index in [0.29, 0.717) is 29.2 Å². The number of nitrogens with one attached hydrogen (secondary N) is 2. The summed E-state index contributed by atoms with van der Waals surface area (Å²) in [5.41, 5.74) is 5.89. The average molecular weight is 553 g/mol. The normalized spacial score (nSPS) is 24.7. The SMILES string of the molecule is O=C(Nc1cc(NCc2cn3cc(C4CC4)cc(N4C[C@@H]5C[C@@H]5C4=O)c3n2)ccn1)[C@H]1C[C@@H]1c1cccc(Cl)c1. The second-order valence-electron chi connectivity index (χ2n) is 11.7. The number of halogens is 1. The maximum absolute atomic E-state index is 12.9. The van der Waals surface area contributed by atoms with Crippen LogP contribution in [0.4, 0.5) is 17.2 Å². The zero-order chi connectivity index (χ0) is 27.0. The van der Waals surface area contributed by atoms with Crippen LogP contribution < -0.4 is 15.5 Å². The molecule has 1 aliphatic heterocycles. The van der Waals surface area contributed by atoms with E-state index < -0.39 is 0 Å². The van der Waals surface area contributed by atoms with Gasteiger partial charge in [0.2, 0.25) is 11.8 Å². The van der Waals surface area contributed by atoms with Gasteiger partial charge in [-0.15, -0.1) is 0 Å². The maximum Gasteiger partial charge on any atom is 0.230 e. The van der Waals surface area contributed by atoms with Gasteiger partial charge in [0.15, 0.2) is 5.65 Å². The fraction of sp³-hybridized carbons (Fsp3) is 0.355. The molecule has 8 nitrogen and oxygen atoms in total. The van der Waals surface area contributed by atoms with Crippen molar-refractivity contribution >= 4 is 46.3 Å². The third-order valence-electron chi connectivity index (χ3n) is 8.75. The Bertz CT molecular complexity index is 1680. The van der Waals surface area contributed by atoms with E-state index in [1.165, 1.54) is 18.4 Å². The molecule has 4 heterocycles. The van der Waals surface area contributed by atoms with E-state index in [-0.39, 0.29) is 29.6 Å². The van der Waals surface area contributed by atoms with Crippen molar-refractivity contribution in [1.29, 1.82) is 0 Å². The predicted octanol–water partition coefficient (Wildman–Crippen LogP) is 5.60. The Hall–Kier alpha value is -3.91. The summed E-state index contributed by atoms with van der Waals surface area (Å²) in [4.78, 5) is 37.0. The molecule has 4 atom stereocenters. The smallest absolute Gasteiger partial charge is 0.230 e. The Balaban J connectivity index is 0.962. The Labute approximate surface area is 236 Å². The molecule has 1 saturated heterocycles. The van der Waals surface area contributed by atoms with Gasteiger partial charge in [0.1, 0.15) is 5.82 Å². The highest BCUT2D eigenvalue weighted by molar-refractivity contribution is 6.30. The van der Waals surface area contributed by atoms with Crippen molar-refractivity contribution in [3.63, 3.8) is 0 Å². The number of benzene rings is 1. The summed E-state index contributed by atoms with van der Waals surface area (Å²) in [6.45, 7) is 1.32. The van der Waals surface area contributed by atoms with E-state index in [9.17, 15) is 9.59 Å². The molecule has 40 heavy (non-hydrogen) atoms. The Morgan fingerprint density at radius 2 is 1.95 bits per heavy atom. The van der Waals surface area contributed by atoms with Crippen LogP contribution in [0.1, 0.15) is 54.3 Å². The summed E-state index contributed by atoms with van der Waals surface area (Å²) in [7, 11) is 0. The largest absolute Gasteiger partial charge is 0.379 e. The van der Waals surface area contributed by atoms with Gasteiger partial charge < -0.3 is 19.9 Å². The van der Waals surface area contributed by atoms with Crippen LogP contribution in [0.15, 0.2) is 61.1 Å². The van der Waals surface area contributed by atoms with Gasteiger partial charge in [0.25, 0.3) is 0 Å². The summed E-state index contributed by atoms with van der Waals surface area (Å²) in [6.07, 6.45) is 10.2. The molecule has 3 aliphatic carbocycles. The van der Waals surface area contributed by atoms with Gasteiger partial charge >= 0.3 is 0 Å². The molecular formula is C31H29ClN6O2. The third-order valence-corrected chi connectivity index (χ3v) is 8.99. The molecule has 4 aromatic rings. The van der Waals surface area contributed by atoms with Gasteiger partial charge in [-0.1, -0.05) is 23.7 Å². The minimum atomic E-state index is -0.0713. The lowest BCUT2D eigenvalue weighted by Crippen LogP contribution is -2.28. The van der Waals surface area contributed by atoms with Crippen LogP contribution in [0, 0.1) is 17.8 Å². The zero-order valence-electron chi connectivity index (χ0n) is 21.9. The van der Waals surface area contributed by atoms with Gasteiger partial charge in [-0.05, 0) is 78.8 Å². The van der Waals surface area contributed by atoms with E-state index in [1.54, 1.807) is 6.20 Å². The number of fused-ring (bicyclic) bond motifs is 2. The van der Waals surface area contributed by atoms with Crippen LogP contribution in [0.2, 0.25) is 5.02 Å². The van der Waals surface area contributed by atoms with Crippen LogP contribution in [0.25, 0.3) is 5.65 Å². The summed E-state index contributed by atoms with van der Waals surface area (Å²) in [5, 5.41) is 7.08. The highest BCUT2D eigenvalue weighted by Crippen LogP contribution is 2.50. The van der Waals surface area contributed by atoms with Crippen LogP contribution in [-0.2, 0) is 16.1 Å². The number of piperidine rings is 1. The highest BCUT2D eigenvalue weighted by atomic mass is 35.5. The number of carbonyl (C=O) groups excluding carboxylic acids is 2. The number of carbonyl (C=O) groups is 2. The summed E-state index contributed by atoms with van der Waals surface area (Å²) in [6, 6.07) is 13.6. The Kier molecular flexibility index (Phi) is 5.42. The van der Waals surface area contributed by atoms with Gasteiger partial charge in [-0.2, -0.15) is 0 Å². The molecule has 2 amide bonds. The zero-order valence-corrected chi connectivity index (χ0v) is 22.6. The van der Waals surface area contributed by atoms with Crippen molar-refractivity contribution in [2.75, 3.05) is 22.1 Å². The maximum atomic E-state index is 12.9. The standard InChI is InChI=1S/C31H29ClN6O2/c32-21-3-1-2-18(8-21)24-12-26(24)30(39)36-28-11-22(6-7-33-28)34-13-23-16-37-14-19(17-4-5-17)10-27(29(37)35-23)38-15-20-9-25(20)31(38)40/h1-3,6-8,10-11,14,16-17,20,24-26H,4-5,9,12-13,15H2,(H2,33,34,36,39)/t20-,24+,25-,26-/m0/s1. The molecule has 202 valence electrons. The second-order valence-corrected chi connectivity index (χ2v) is 12.2. The highest BCUT2D eigenvalue weighted by Gasteiger charge is 2.53. The first-order valence-electron chi connectivity index (χ1n) is 14.1. The molecule has 1 aromatic carbocycles. The van der Waals surface area contributed by atoms with E-state index in [1.807, 2.05) is 47.5 Å². The summed E-state index contributed by atoms with van der Waals surface area (Å²) >= 11 is 6.12. The van der Waals surface area contributed by atoms with Gasteiger partial charge in [-0.25, -0.2) is 9.97 Å². The van der Waals surface area contributed by atoms with Crippen molar-refractivity contribution in [2.45, 2.75) is 44.1 Å². The number of hydrogen-bond acceptors (Lipinski definition) is 5. The molecule has 4 aliphatic rings. The summed E-state index contributed by atoms with van der Waals surface area (Å²) < 4.78 is 2.08. The molecule has 0 spiro atoms. The van der Waals surface area contributed by atoms with Crippen LogP contribution in [0.3, 0.4) is 0 Å². The minimum absolute atomic E-state index is 0.0249. The molecule has 9 heteroatoms. The van der Waals surface area contributed by atoms with Crippen molar-refractivity contribution in [3.8, 4) is 0 Å². The molecule has 8 rings (SSSR count). The third kappa shape index (κ3) is 4.40. The molecule has 3 aromatic heterocycles. The monoisotopic (exact) mass is 552 g/mol. The number of pyridine rings is 2. The van der Waals surface area contributed by atoms with Gasteiger partial charge in [0, 0.05) is 53.7 Å². The molecular weight excluding hydrogens is 524 g/mol. The molecule has 0 radical (unpaired) electrons. The average Bonchev–Trinajstić information content (AvgIpc) is 3.85. The minimum Gasteiger partial charge on any atom is -0.379 e. The van der Waals surface area contributed by atoms with Gasteiger partial charge in [0.05, 0.1) is 17.9 Å². The number of aromatic nitrogens is 3.